The maximum atomic E-state index is 13.4. The molecule has 35 heavy (non-hydrogen) atoms. The smallest absolute Gasteiger partial charge is 0.274 e. The van der Waals surface area contributed by atoms with Crippen LogP contribution in [0.3, 0.4) is 0 Å². The van der Waals surface area contributed by atoms with Gasteiger partial charge in [0.2, 0.25) is 0 Å². The Morgan fingerprint density at radius 3 is 2.54 bits per heavy atom. The highest BCUT2D eigenvalue weighted by Crippen LogP contribution is 2.36. The van der Waals surface area contributed by atoms with E-state index in [2.05, 4.69) is 5.32 Å². The van der Waals surface area contributed by atoms with Gasteiger partial charge in [0.25, 0.3) is 11.5 Å². The first-order valence-corrected chi connectivity index (χ1v) is 12.1. The number of piperidine rings is 1. The summed E-state index contributed by atoms with van der Waals surface area (Å²) in [5, 5.41) is 5.39. The third kappa shape index (κ3) is 4.09. The molecule has 2 aliphatic heterocycles. The highest BCUT2D eigenvalue weighted by atomic mass is 19.1. The largest absolute Gasteiger partial charge is 0.377 e. The molecule has 3 heterocycles. The summed E-state index contributed by atoms with van der Waals surface area (Å²) < 4.78 is 15.0. The Labute approximate surface area is 202 Å². The van der Waals surface area contributed by atoms with Gasteiger partial charge in [0.1, 0.15) is 11.5 Å². The number of benzene rings is 3. The maximum Gasteiger partial charge on any atom is 0.274 e. The molecule has 0 spiro atoms. The summed E-state index contributed by atoms with van der Waals surface area (Å²) in [5.41, 5.74) is 3.12. The van der Waals surface area contributed by atoms with Crippen molar-refractivity contribution in [3.05, 3.63) is 112 Å². The lowest BCUT2D eigenvalue weighted by molar-refractivity contribution is 0.0595. The zero-order valence-corrected chi connectivity index (χ0v) is 19.3. The summed E-state index contributed by atoms with van der Waals surface area (Å²) >= 11 is 0. The first-order chi connectivity index (χ1) is 17.0. The number of likely N-dealkylation sites (tertiary alicyclic amines) is 1. The number of anilines is 1. The van der Waals surface area contributed by atoms with Crippen LogP contribution in [0, 0.1) is 11.7 Å². The van der Waals surface area contributed by atoms with Gasteiger partial charge in [-0.05, 0) is 65.1 Å². The number of carbonyl (C=O) groups excluding carboxylic acids is 1. The van der Waals surface area contributed by atoms with E-state index in [0.29, 0.717) is 37.4 Å². The molecule has 6 heteroatoms. The van der Waals surface area contributed by atoms with E-state index in [-0.39, 0.29) is 29.1 Å². The van der Waals surface area contributed by atoms with Crippen molar-refractivity contribution in [2.45, 2.75) is 25.4 Å². The lowest BCUT2D eigenvalue weighted by Crippen LogP contribution is -2.49. The van der Waals surface area contributed by atoms with Crippen LogP contribution < -0.4 is 10.9 Å². The standard InChI is InChI=1S/C29H26FN3O2/c30-25-9-5-19(6-10-25)15-31-26-11-12-27-24-13-20(17-33(27)29(26)35)16-32(18-24)28(34)23-8-7-21-3-1-2-4-22(21)14-23/h1-12,14,20,24,31H,13,15-18H2/t20-,24+/m0/s1. The predicted octanol–water partition coefficient (Wildman–Crippen LogP) is 5.01. The lowest BCUT2D eigenvalue weighted by Gasteiger charge is -2.43. The van der Waals surface area contributed by atoms with E-state index >= 15 is 0 Å². The monoisotopic (exact) mass is 467 g/mol. The topological polar surface area (TPSA) is 54.3 Å². The molecule has 2 atom stereocenters. The van der Waals surface area contributed by atoms with Crippen molar-refractivity contribution in [2.24, 2.45) is 5.92 Å². The zero-order chi connectivity index (χ0) is 23.9. The van der Waals surface area contributed by atoms with Crippen molar-refractivity contribution >= 4 is 22.4 Å². The number of hydrogen-bond donors (Lipinski definition) is 1. The molecule has 6 rings (SSSR count). The third-order valence-electron chi connectivity index (χ3n) is 7.28. The molecule has 5 nitrogen and oxygen atoms in total. The fourth-order valence-corrected chi connectivity index (χ4v) is 5.55. The Bertz CT molecular complexity index is 1480. The molecule has 1 fully saturated rings. The van der Waals surface area contributed by atoms with Crippen LogP contribution in [0.1, 0.15) is 34.0 Å². The third-order valence-corrected chi connectivity index (χ3v) is 7.28. The Morgan fingerprint density at radius 2 is 1.71 bits per heavy atom. The first-order valence-electron chi connectivity index (χ1n) is 12.1. The second-order valence-electron chi connectivity index (χ2n) is 9.64. The Morgan fingerprint density at radius 1 is 0.914 bits per heavy atom. The van der Waals surface area contributed by atoms with Crippen molar-refractivity contribution in [2.75, 3.05) is 18.4 Å². The number of carbonyl (C=O) groups is 1. The maximum absolute atomic E-state index is 13.4. The van der Waals surface area contributed by atoms with Gasteiger partial charge in [-0.25, -0.2) is 4.39 Å². The van der Waals surface area contributed by atoms with Gasteiger partial charge in [0.15, 0.2) is 0 Å². The SMILES string of the molecule is O=C(c1ccc2ccccc2c1)N1C[C@@H]2C[C@H](C1)c1ccc(NCc3ccc(F)cc3)c(=O)n1C2. The molecular weight excluding hydrogens is 441 g/mol. The summed E-state index contributed by atoms with van der Waals surface area (Å²) in [7, 11) is 0. The molecule has 3 aromatic carbocycles. The van der Waals surface area contributed by atoms with E-state index in [1.807, 2.05) is 64.1 Å². The minimum Gasteiger partial charge on any atom is -0.377 e. The van der Waals surface area contributed by atoms with Gasteiger partial charge in [0.05, 0.1) is 0 Å². The van der Waals surface area contributed by atoms with Gasteiger partial charge in [-0.1, -0.05) is 42.5 Å². The molecule has 0 radical (unpaired) electrons. The van der Waals surface area contributed by atoms with E-state index in [1.54, 1.807) is 12.1 Å². The second kappa shape index (κ2) is 8.69. The Hall–Kier alpha value is -3.93. The minimum atomic E-state index is -0.276. The average molecular weight is 468 g/mol. The molecular formula is C29H26FN3O2. The number of nitrogens with zero attached hydrogens (tertiary/aromatic N) is 2. The van der Waals surface area contributed by atoms with Crippen LogP contribution in [0.5, 0.6) is 0 Å². The number of pyridine rings is 1. The van der Waals surface area contributed by atoms with Crippen LogP contribution >= 0.6 is 0 Å². The molecule has 1 N–H and O–H groups in total. The van der Waals surface area contributed by atoms with Crippen LogP contribution in [0.4, 0.5) is 10.1 Å². The predicted molar refractivity (Wildman–Crippen MR) is 135 cm³/mol. The van der Waals surface area contributed by atoms with E-state index < -0.39 is 0 Å². The molecule has 0 aliphatic carbocycles. The number of fused-ring (bicyclic) bond motifs is 5. The molecule has 1 saturated heterocycles. The van der Waals surface area contributed by atoms with Gasteiger partial charge in [-0.3, -0.25) is 9.59 Å². The second-order valence-corrected chi connectivity index (χ2v) is 9.64. The van der Waals surface area contributed by atoms with Gasteiger partial charge in [0, 0.05) is 43.4 Å². The van der Waals surface area contributed by atoms with E-state index in [0.717, 1.165) is 28.5 Å². The van der Waals surface area contributed by atoms with Crippen molar-refractivity contribution in [1.29, 1.82) is 0 Å². The molecule has 0 unspecified atom stereocenters. The average Bonchev–Trinajstić information content (AvgIpc) is 2.89. The number of nitrogens with one attached hydrogen (secondary N) is 1. The summed E-state index contributed by atoms with van der Waals surface area (Å²) in [6, 6.07) is 24.1. The number of rotatable bonds is 4. The number of halogens is 1. The first kappa shape index (κ1) is 21.6. The molecule has 4 aromatic rings. The highest BCUT2D eigenvalue weighted by Gasteiger charge is 2.37. The Balaban J connectivity index is 1.21. The molecule has 1 aromatic heterocycles. The summed E-state index contributed by atoms with van der Waals surface area (Å²) in [6.45, 7) is 2.33. The van der Waals surface area contributed by atoms with Crippen LogP contribution in [-0.4, -0.2) is 28.5 Å². The Kier molecular flexibility index (Phi) is 5.36. The van der Waals surface area contributed by atoms with Crippen molar-refractivity contribution in [1.82, 2.24) is 9.47 Å². The number of aromatic nitrogens is 1. The van der Waals surface area contributed by atoms with Gasteiger partial charge in [-0.2, -0.15) is 0 Å². The highest BCUT2D eigenvalue weighted by molar-refractivity contribution is 5.98. The molecule has 176 valence electrons. The van der Waals surface area contributed by atoms with Crippen LogP contribution in [0.2, 0.25) is 0 Å². The van der Waals surface area contributed by atoms with Crippen molar-refractivity contribution < 1.29 is 9.18 Å². The van der Waals surface area contributed by atoms with E-state index in [1.165, 1.54) is 12.1 Å². The minimum absolute atomic E-state index is 0.0337. The van der Waals surface area contributed by atoms with Crippen molar-refractivity contribution in [3.63, 3.8) is 0 Å². The lowest BCUT2D eigenvalue weighted by atomic mass is 9.83. The zero-order valence-electron chi connectivity index (χ0n) is 19.3. The van der Waals surface area contributed by atoms with Crippen LogP contribution in [-0.2, 0) is 13.1 Å². The van der Waals surface area contributed by atoms with E-state index in [9.17, 15) is 14.0 Å². The summed E-state index contributed by atoms with van der Waals surface area (Å²) in [4.78, 5) is 28.6. The molecule has 1 amide bonds. The molecule has 2 bridgehead atoms. The van der Waals surface area contributed by atoms with Crippen molar-refractivity contribution in [3.8, 4) is 0 Å². The van der Waals surface area contributed by atoms with Crippen LogP contribution in [0.15, 0.2) is 83.7 Å². The fraction of sp³-hybridized carbons (Fsp3) is 0.241. The van der Waals surface area contributed by atoms with Gasteiger partial charge < -0.3 is 14.8 Å². The van der Waals surface area contributed by atoms with Gasteiger partial charge in [-0.15, -0.1) is 0 Å². The number of amides is 1. The summed E-state index contributed by atoms with van der Waals surface area (Å²) in [6.07, 6.45) is 0.989. The number of hydrogen-bond acceptors (Lipinski definition) is 3. The molecule has 2 aliphatic rings. The quantitative estimate of drug-likeness (QED) is 0.459. The molecule has 0 saturated carbocycles. The van der Waals surface area contributed by atoms with Gasteiger partial charge >= 0.3 is 0 Å². The van der Waals surface area contributed by atoms with E-state index in [4.69, 9.17) is 0 Å². The normalized spacial score (nSPS) is 18.8. The fourth-order valence-electron chi connectivity index (χ4n) is 5.55. The summed E-state index contributed by atoms with van der Waals surface area (Å²) in [5.74, 6) is 0.169. The van der Waals surface area contributed by atoms with Crippen LogP contribution in [0.25, 0.3) is 10.8 Å².